The molecule has 3 atom stereocenters. The number of aromatic amines is 3. The minimum absolute atomic E-state index is 0. The first-order chi connectivity index (χ1) is 41.3. The summed E-state index contributed by atoms with van der Waals surface area (Å²) in [6.45, 7) is 24.3. The van der Waals surface area contributed by atoms with E-state index in [0.717, 1.165) is 114 Å². The summed E-state index contributed by atoms with van der Waals surface area (Å²) in [5.74, 6) is 1.26. The van der Waals surface area contributed by atoms with E-state index in [1.165, 1.54) is 55.0 Å². The summed E-state index contributed by atoms with van der Waals surface area (Å²) in [4.78, 5) is 48.1. The lowest BCUT2D eigenvalue weighted by Crippen LogP contribution is -2.40. The first-order valence-corrected chi connectivity index (χ1v) is 30.3. The molecule has 6 aromatic heterocycles. The summed E-state index contributed by atoms with van der Waals surface area (Å²) >= 11 is 0. The van der Waals surface area contributed by atoms with E-state index in [0.29, 0.717) is 30.1 Å². The molecule has 0 saturated carbocycles. The molecule has 7 heterocycles. The van der Waals surface area contributed by atoms with Crippen LogP contribution in [0.25, 0.3) is 33.8 Å². The zero-order valence-corrected chi connectivity index (χ0v) is 52.4. The van der Waals surface area contributed by atoms with Gasteiger partial charge in [0.2, 0.25) is 5.91 Å². The monoisotopic (exact) mass is 1210 g/mol. The van der Waals surface area contributed by atoms with Gasteiger partial charge < -0.3 is 30.7 Å². The maximum Gasteiger partial charge on any atom is 0.217 e. The SMILES string of the molecule is C.C.CC(=O)NC(Cc1ccc(-c2ccc(F)cn2)cc1)c1ncc(CC(C)(C)C)[nH]1.CCC(C)(C)Cc1cnc(C(C)(O)Cc2ccc(-c3ccc(F)cn3)cc2)[nH]1.CCC(C)(C)Cc1cnc(C2(Cc3ccc(-c4ccc(F)cn4)cc3)CCCN2)[nH]1. The van der Waals surface area contributed by atoms with Gasteiger partial charge in [0, 0.05) is 65.7 Å². The van der Waals surface area contributed by atoms with E-state index in [4.69, 9.17) is 4.98 Å². The average Bonchev–Trinajstić information content (AvgIpc) is 1.84. The number of carbonyl (C=O) groups excluding carboxylic acids is 1. The number of H-pyrrole nitrogens is 3. The van der Waals surface area contributed by atoms with Crippen molar-refractivity contribution in [2.24, 2.45) is 16.2 Å². The van der Waals surface area contributed by atoms with Crippen molar-refractivity contribution in [3.05, 3.63) is 215 Å². The molecule has 1 aliphatic rings. The van der Waals surface area contributed by atoms with E-state index in [-0.39, 0.29) is 66.0 Å². The normalized spacial score (nSPS) is 15.0. The highest BCUT2D eigenvalue weighted by Crippen LogP contribution is 2.35. The van der Waals surface area contributed by atoms with Crippen LogP contribution in [0.5, 0.6) is 0 Å². The van der Waals surface area contributed by atoms with Crippen molar-refractivity contribution in [3.8, 4) is 33.8 Å². The number of nitrogens with one attached hydrogen (secondary N) is 5. The van der Waals surface area contributed by atoms with E-state index in [2.05, 4.69) is 137 Å². The molecular formula is C73H94F3N11O2. The summed E-state index contributed by atoms with van der Waals surface area (Å²) < 4.78 is 39.2. The molecule has 1 saturated heterocycles. The topological polar surface area (TPSA) is 186 Å². The van der Waals surface area contributed by atoms with Crippen LogP contribution in [0, 0.1) is 33.7 Å². The predicted molar refractivity (Wildman–Crippen MR) is 353 cm³/mol. The Morgan fingerprint density at radius 2 is 1.00 bits per heavy atom. The fourth-order valence-corrected chi connectivity index (χ4v) is 10.7. The Bertz CT molecular complexity index is 3600. The largest absolute Gasteiger partial charge is 0.382 e. The van der Waals surface area contributed by atoms with E-state index in [1.54, 1.807) is 25.1 Å². The summed E-state index contributed by atoms with van der Waals surface area (Å²) in [5.41, 5.74) is 11.0. The molecule has 16 heteroatoms. The second kappa shape index (κ2) is 30.4. The number of pyridine rings is 3. The van der Waals surface area contributed by atoms with E-state index < -0.39 is 5.60 Å². The van der Waals surface area contributed by atoms with Gasteiger partial charge in [0.25, 0.3) is 0 Å². The lowest BCUT2D eigenvalue weighted by Gasteiger charge is -2.28. The number of aliphatic hydroxyl groups is 1. The summed E-state index contributed by atoms with van der Waals surface area (Å²) in [5, 5.41) is 17.7. The molecule has 1 fully saturated rings. The molecule has 3 unspecified atom stereocenters. The standard InChI is InChI=1S/C25H31FN4.C23H27FN4O.C23H28FN3O.2CH4/c1-4-24(2,3)15-21-17-28-23(30-21)25(12-5-13-29-25)14-18-6-8-19(9-7-18)22-11-10-20(26)16-27-22;1-15(29)27-21(22-26-14-19(28-22)12-23(2,3)4)11-16-5-7-17(8-6-16)20-10-9-18(24)13-25-20;1-5-22(2,3)13-19-15-26-21(27-19)23(4,28)12-16-6-8-17(9-7-16)20-11-10-18(24)14-25-20;;/h6-11,16-17,29H,4-5,12-15H2,1-3H3,(H,28,30);5-10,13-14,21H,11-12H2,1-4H3,(H,26,28)(H,27,29);6-11,14-15,28H,5,12-13H2,1-4H3,(H,26,27);2*1H4. The van der Waals surface area contributed by atoms with Gasteiger partial charge >= 0.3 is 0 Å². The van der Waals surface area contributed by atoms with Crippen LogP contribution in [0.3, 0.4) is 0 Å². The number of halogens is 3. The summed E-state index contributed by atoms with van der Waals surface area (Å²) in [6.07, 6.45) is 18.5. The number of aromatic nitrogens is 9. The fraction of sp³-hybridized carbons (Fsp3) is 0.411. The van der Waals surface area contributed by atoms with E-state index >= 15 is 0 Å². The first-order valence-electron chi connectivity index (χ1n) is 30.3. The van der Waals surface area contributed by atoms with Crippen molar-refractivity contribution < 1.29 is 23.1 Å². The molecule has 0 bridgehead atoms. The molecule has 3 aromatic carbocycles. The molecule has 0 aliphatic carbocycles. The van der Waals surface area contributed by atoms with Gasteiger partial charge in [0.1, 0.15) is 40.5 Å². The molecule has 0 spiro atoms. The zero-order chi connectivity index (χ0) is 62.6. The maximum absolute atomic E-state index is 13.1. The van der Waals surface area contributed by atoms with Crippen LogP contribution < -0.4 is 10.6 Å². The Hall–Kier alpha value is -8.08. The molecule has 13 nitrogen and oxygen atoms in total. The van der Waals surface area contributed by atoms with Gasteiger partial charge in [-0.15, -0.1) is 0 Å². The Labute approximate surface area is 526 Å². The lowest BCUT2D eigenvalue weighted by atomic mass is 9.85. The Morgan fingerprint density at radius 1 is 0.551 bits per heavy atom. The third-order valence-corrected chi connectivity index (χ3v) is 16.2. The molecule has 6 N–H and O–H groups in total. The highest BCUT2D eigenvalue weighted by atomic mass is 19.1. The van der Waals surface area contributed by atoms with Gasteiger partial charge in [-0.3, -0.25) is 19.7 Å². The highest BCUT2D eigenvalue weighted by molar-refractivity contribution is 5.73. The Kier molecular flexibility index (Phi) is 23.9. The fourth-order valence-electron chi connectivity index (χ4n) is 10.7. The van der Waals surface area contributed by atoms with Crippen molar-refractivity contribution in [3.63, 3.8) is 0 Å². The van der Waals surface area contributed by atoms with Crippen LogP contribution in [-0.2, 0) is 54.5 Å². The van der Waals surface area contributed by atoms with Crippen LogP contribution in [-0.4, -0.2) is 62.4 Å². The number of rotatable bonds is 20. The van der Waals surface area contributed by atoms with Gasteiger partial charge in [0.05, 0.1) is 47.3 Å². The van der Waals surface area contributed by atoms with Crippen LogP contribution in [0.4, 0.5) is 13.2 Å². The van der Waals surface area contributed by atoms with E-state index in [9.17, 15) is 23.1 Å². The van der Waals surface area contributed by atoms with Crippen molar-refractivity contribution in [2.45, 2.75) is 172 Å². The summed E-state index contributed by atoms with van der Waals surface area (Å²) in [6, 6.07) is 33.1. The third-order valence-electron chi connectivity index (χ3n) is 16.2. The lowest BCUT2D eigenvalue weighted by molar-refractivity contribution is -0.119. The molecule has 10 rings (SSSR count). The van der Waals surface area contributed by atoms with Crippen LogP contribution in [0.2, 0.25) is 0 Å². The molecule has 0 radical (unpaired) electrons. The predicted octanol–water partition coefficient (Wildman–Crippen LogP) is 16.3. The van der Waals surface area contributed by atoms with Gasteiger partial charge in [-0.05, 0) is 128 Å². The molecule has 89 heavy (non-hydrogen) atoms. The highest BCUT2D eigenvalue weighted by Gasteiger charge is 2.38. The molecule has 1 amide bonds. The van der Waals surface area contributed by atoms with Gasteiger partial charge in [0.15, 0.2) is 0 Å². The number of benzene rings is 3. The molecule has 1 aliphatic heterocycles. The Morgan fingerprint density at radius 3 is 1.44 bits per heavy atom. The maximum atomic E-state index is 13.1. The van der Waals surface area contributed by atoms with Crippen LogP contribution in [0.1, 0.15) is 174 Å². The summed E-state index contributed by atoms with van der Waals surface area (Å²) in [7, 11) is 0. The van der Waals surface area contributed by atoms with Gasteiger partial charge in [-0.2, -0.15) is 0 Å². The third kappa shape index (κ3) is 20.2. The molecular weight excluding hydrogens is 1120 g/mol. The van der Waals surface area contributed by atoms with Crippen molar-refractivity contribution in [1.29, 1.82) is 0 Å². The zero-order valence-electron chi connectivity index (χ0n) is 52.4. The van der Waals surface area contributed by atoms with Crippen molar-refractivity contribution in [2.75, 3.05) is 6.54 Å². The first kappa shape index (κ1) is 70.0. The second-order valence-electron chi connectivity index (χ2n) is 26.3. The quantitative estimate of drug-likeness (QED) is 0.0432. The van der Waals surface area contributed by atoms with Crippen LogP contribution in [0.15, 0.2) is 146 Å². The smallest absolute Gasteiger partial charge is 0.217 e. The minimum Gasteiger partial charge on any atom is -0.382 e. The van der Waals surface area contributed by atoms with Crippen molar-refractivity contribution in [1.82, 2.24) is 55.5 Å². The number of hydrogen-bond donors (Lipinski definition) is 6. The van der Waals surface area contributed by atoms with Crippen LogP contribution >= 0.6 is 0 Å². The number of amides is 1. The minimum atomic E-state index is -1.09. The average molecular weight is 1210 g/mol. The van der Waals surface area contributed by atoms with Crippen molar-refractivity contribution >= 4 is 5.91 Å². The number of hydrogen-bond acceptors (Lipinski definition) is 9. The second-order valence-corrected chi connectivity index (χ2v) is 26.3. The Balaban J connectivity index is 0.000000211. The van der Waals surface area contributed by atoms with E-state index in [1.807, 2.05) is 67.1 Å². The van der Waals surface area contributed by atoms with Gasteiger partial charge in [-0.1, -0.05) is 163 Å². The molecule has 474 valence electrons. The number of carbonyl (C=O) groups is 1. The number of nitrogens with zero attached hydrogens (tertiary/aromatic N) is 6. The number of imidazole rings is 3. The van der Waals surface area contributed by atoms with Gasteiger partial charge in [-0.25, -0.2) is 28.1 Å². The molecule has 9 aromatic rings.